The normalized spacial score (nSPS) is 10.5. The first-order valence-corrected chi connectivity index (χ1v) is 10.0. The van der Waals surface area contributed by atoms with Crippen LogP contribution in [0.1, 0.15) is 34.3 Å². The first-order chi connectivity index (χ1) is 14.3. The van der Waals surface area contributed by atoms with Crippen LogP contribution in [0.25, 0.3) is 0 Å². The van der Waals surface area contributed by atoms with Gasteiger partial charge < -0.3 is 14.5 Å². The van der Waals surface area contributed by atoms with Crippen molar-refractivity contribution >= 4 is 39.9 Å². The fraction of sp³-hybridized carbons (Fsp3) is 0.238. The zero-order valence-electron chi connectivity index (χ0n) is 16.8. The van der Waals surface area contributed by atoms with Gasteiger partial charge in [-0.2, -0.15) is 0 Å². The van der Waals surface area contributed by atoms with Gasteiger partial charge in [-0.3, -0.25) is 19.3 Å². The van der Waals surface area contributed by atoms with Gasteiger partial charge >= 0.3 is 5.97 Å². The minimum absolute atomic E-state index is 0.0649. The molecule has 0 aliphatic carbocycles. The number of nitrogens with one attached hydrogen (secondary N) is 1. The largest absolute Gasteiger partial charge is 0.459 e. The zero-order chi connectivity index (χ0) is 21.7. The van der Waals surface area contributed by atoms with E-state index in [1.54, 1.807) is 11.4 Å². The predicted molar refractivity (Wildman–Crippen MR) is 112 cm³/mol. The molecule has 0 radical (unpaired) electrons. The average molecular weight is 427 g/mol. The van der Waals surface area contributed by atoms with E-state index in [0.29, 0.717) is 10.8 Å². The molecular formula is C21H21N3O5S. The summed E-state index contributed by atoms with van der Waals surface area (Å²) < 4.78 is 10.1. The van der Waals surface area contributed by atoms with E-state index in [1.807, 2.05) is 32.0 Å². The predicted octanol–water partition coefficient (Wildman–Crippen LogP) is 3.51. The van der Waals surface area contributed by atoms with Gasteiger partial charge in [-0.25, -0.2) is 4.98 Å². The number of hydrogen-bond acceptors (Lipinski definition) is 7. The molecule has 0 fully saturated rings. The van der Waals surface area contributed by atoms with E-state index in [2.05, 4.69) is 10.3 Å². The summed E-state index contributed by atoms with van der Waals surface area (Å²) in [6.45, 7) is 5.04. The number of anilines is 2. The lowest BCUT2D eigenvalue weighted by Gasteiger charge is -2.20. The maximum atomic E-state index is 12.3. The van der Waals surface area contributed by atoms with Crippen LogP contribution in [0.5, 0.6) is 0 Å². The number of thiazole rings is 1. The number of carbonyl (C=O) groups excluding carboxylic acids is 3. The number of ether oxygens (including phenoxy) is 1. The molecule has 8 nitrogen and oxygen atoms in total. The Hall–Kier alpha value is -3.46. The number of aryl methyl sites for hydroxylation is 2. The van der Waals surface area contributed by atoms with Gasteiger partial charge in [-0.15, -0.1) is 11.3 Å². The quantitative estimate of drug-likeness (QED) is 0.579. The highest BCUT2D eigenvalue weighted by Crippen LogP contribution is 2.31. The maximum Gasteiger partial charge on any atom is 0.325 e. The van der Waals surface area contributed by atoms with E-state index in [4.69, 9.17) is 9.15 Å². The van der Waals surface area contributed by atoms with Crippen LogP contribution in [0.3, 0.4) is 0 Å². The van der Waals surface area contributed by atoms with E-state index in [9.17, 15) is 14.4 Å². The van der Waals surface area contributed by atoms with Crippen molar-refractivity contribution in [1.29, 1.82) is 0 Å². The molecule has 2 heterocycles. The monoisotopic (exact) mass is 427 g/mol. The van der Waals surface area contributed by atoms with Crippen molar-refractivity contribution in [2.45, 2.75) is 27.4 Å². The second-order valence-corrected chi connectivity index (χ2v) is 7.42. The highest BCUT2D eigenvalue weighted by Gasteiger charge is 2.20. The number of furan rings is 1. The van der Waals surface area contributed by atoms with Gasteiger partial charge in [-0.05, 0) is 37.6 Å². The van der Waals surface area contributed by atoms with Crippen LogP contribution in [0.15, 0.2) is 46.4 Å². The molecule has 0 bridgehead atoms. The average Bonchev–Trinajstić information content (AvgIpc) is 3.38. The summed E-state index contributed by atoms with van der Waals surface area (Å²) in [5.74, 6) is -1.16. The maximum absolute atomic E-state index is 12.3. The number of aromatic nitrogens is 1. The van der Waals surface area contributed by atoms with Crippen LogP contribution in [0.2, 0.25) is 0 Å². The van der Waals surface area contributed by atoms with E-state index < -0.39 is 11.9 Å². The number of benzene rings is 1. The fourth-order valence-corrected chi connectivity index (χ4v) is 3.65. The molecule has 0 aliphatic heterocycles. The van der Waals surface area contributed by atoms with Crippen LogP contribution in [0.4, 0.5) is 10.8 Å². The SMILES string of the molecule is CC(=O)N(c1nc(COC(=O)CNC(=O)c2ccco2)cs1)c1ccc(C)cc1C. The van der Waals surface area contributed by atoms with E-state index in [0.717, 1.165) is 16.8 Å². The Morgan fingerprint density at radius 2 is 2.03 bits per heavy atom. The highest BCUT2D eigenvalue weighted by molar-refractivity contribution is 7.14. The Bertz CT molecular complexity index is 1060. The van der Waals surface area contributed by atoms with E-state index in [-0.39, 0.29) is 24.8 Å². The van der Waals surface area contributed by atoms with Crippen molar-refractivity contribution in [3.05, 3.63) is 64.6 Å². The molecule has 30 heavy (non-hydrogen) atoms. The van der Waals surface area contributed by atoms with Gasteiger partial charge in [0, 0.05) is 12.3 Å². The lowest BCUT2D eigenvalue weighted by atomic mass is 10.1. The molecule has 0 spiro atoms. The Morgan fingerprint density at radius 3 is 2.70 bits per heavy atom. The number of esters is 1. The minimum Gasteiger partial charge on any atom is -0.459 e. The summed E-state index contributed by atoms with van der Waals surface area (Å²) >= 11 is 1.28. The zero-order valence-corrected chi connectivity index (χ0v) is 17.6. The fourth-order valence-electron chi connectivity index (χ4n) is 2.78. The van der Waals surface area contributed by atoms with Gasteiger partial charge in [0.2, 0.25) is 5.91 Å². The van der Waals surface area contributed by atoms with E-state index >= 15 is 0 Å². The highest BCUT2D eigenvalue weighted by atomic mass is 32.1. The molecule has 1 N–H and O–H groups in total. The second kappa shape index (κ2) is 9.36. The van der Waals surface area contributed by atoms with Crippen LogP contribution in [0, 0.1) is 13.8 Å². The lowest BCUT2D eigenvalue weighted by molar-refractivity contribution is -0.143. The second-order valence-electron chi connectivity index (χ2n) is 6.59. The molecule has 0 unspecified atom stereocenters. The van der Waals surface area contributed by atoms with Crippen molar-refractivity contribution in [3.63, 3.8) is 0 Å². The molecular weight excluding hydrogens is 406 g/mol. The van der Waals surface area contributed by atoms with Crippen molar-refractivity contribution in [2.24, 2.45) is 0 Å². The van der Waals surface area contributed by atoms with E-state index in [1.165, 1.54) is 35.5 Å². The number of amides is 2. The summed E-state index contributed by atoms with van der Waals surface area (Å²) in [7, 11) is 0. The van der Waals surface area contributed by atoms with Crippen LogP contribution in [-0.2, 0) is 20.9 Å². The van der Waals surface area contributed by atoms with Gasteiger partial charge in [0.25, 0.3) is 5.91 Å². The smallest absolute Gasteiger partial charge is 0.325 e. The van der Waals surface area contributed by atoms with Gasteiger partial charge in [-0.1, -0.05) is 17.7 Å². The summed E-state index contributed by atoms with van der Waals surface area (Å²) in [6.07, 6.45) is 1.37. The molecule has 3 rings (SSSR count). The number of rotatable bonds is 7. The van der Waals surface area contributed by atoms with Crippen LogP contribution < -0.4 is 10.2 Å². The summed E-state index contributed by atoms with van der Waals surface area (Å²) in [4.78, 5) is 41.9. The number of hydrogen-bond donors (Lipinski definition) is 1. The molecule has 3 aromatic rings. The number of carbonyl (C=O) groups is 3. The Kier molecular flexibility index (Phi) is 6.63. The Morgan fingerprint density at radius 1 is 1.23 bits per heavy atom. The lowest BCUT2D eigenvalue weighted by Crippen LogP contribution is -2.30. The molecule has 0 saturated carbocycles. The van der Waals surface area contributed by atoms with Gasteiger partial charge in [0.05, 0.1) is 17.6 Å². The third-order valence-electron chi connectivity index (χ3n) is 4.16. The Labute approximate surface area is 177 Å². The molecule has 2 amide bonds. The summed E-state index contributed by atoms with van der Waals surface area (Å²) in [6, 6.07) is 8.89. The molecule has 9 heteroatoms. The molecule has 0 saturated heterocycles. The Balaban J connectivity index is 1.60. The van der Waals surface area contributed by atoms with Crippen molar-refractivity contribution in [3.8, 4) is 0 Å². The van der Waals surface area contributed by atoms with Crippen LogP contribution in [-0.4, -0.2) is 29.3 Å². The third-order valence-corrected chi connectivity index (χ3v) is 5.03. The summed E-state index contributed by atoms with van der Waals surface area (Å²) in [5, 5.41) is 4.63. The number of nitrogens with zero attached hydrogens (tertiary/aromatic N) is 2. The molecule has 156 valence electrons. The standard InChI is InChI=1S/C21H21N3O5S/c1-13-6-7-17(14(2)9-13)24(15(3)25)21-23-16(12-30-21)11-29-19(26)10-22-20(27)18-5-4-8-28-18/h4-9,12H,10-11H2,1-3H3,(H,22,27). The third kappa shape index (κ3) is 5.12. The van der Waals surface area contributed by atoms with Crippen molar-refractivity contribution in [1.82, 2.24) is 10.3 Å². The molecule has 1 aromatic carbocycles. The topological polar surface area (TPSA) is 102 Å². The van der Waals surface area contributed by atoms with Gasteiger partial charge in [0.15, 0.2) is 10.9 Å². The minimum atomic E-state index is -0.609. The van der Waals surface area contributed by atoms with Crippen molar-refractivity contribution in [2.75, 3.05) is 11.4 Å². The first kappa shape index (κ1) is 21.3. The van der Waals surface area contributed by atoms with Crippen molar-refractivity contribution < 1.29 is 23.5 Å². The first-order valence-electron chi connectivity index (χ1n) is 9.15. The molecule has 2 aromatic heterocycles. The molecule has 0 aliphatic rings. The summed E-state index contributed by atoms with van der Waals surface area (Å²) in [5.41, 5.74) is 3.33. The van der Waals surface area contributed by atoms with Crippen LogP contribution >= 0.6 is 11.3 Å². The van der Waals surface area contributed by atoms with Gasteiger partial charge in [0.1, 0.15) is 13.2 Å². The molecule has 0 atom stereocenters.